The maximum Gasteiger partial charge on any atom is 2.00 e. The van der Waals surface area contributed by atoms with E-state index in [2.05, 4.69) is 0 Å². The minimum atomic E-state index is -1.75. The molecule has 0 aromatic carbocycles. The summed E-state index contributed by atoms with van der Waals surface area (Å²) in [6.45, 7) is 0. The molecule has 0 heterocycles. The van der Waals surface area contributed by atoms with Gasteiger partial charge in [0, 0.05) is 20.4 Å². The molecule has 0 aliphatic heterocycles. The van der Waals surface area contributed by atoms with Crippen LogP contribution in [0.3, 0.4) is 0 Å². The Bertz CT molecular complexity index is 71.7. The molecule has 0 atom stereocenters. The maximum atomic E-state index is 8.25. The van der Waals surface area contributed by atoms with Crippen LogP contribution in [-0.2, 0) is 40.8 Å². The van der Waals surface area contributed by atoms with Crippen molar-refractivity contribution in [2.24, 2.45) is 0 Å². The Labute approximate surface area is 81.7 Å². The van der Waals surface area contributed by atoms with E-state index >= 15 is 0 Å². The first kappa shape index (κ1) is 22.6. The van der Waals surface area contributed by atoms with Crippen LogP contribution in [0, 0.1) is 30.6 Å². The van der Waals surface area contributed by atoms with Gasteiger partial charge in [-0.2, -0.15) is 0 Å². The fourth-order valence-corrected chi connectivity index (χ4v) is 0. The molecule has 0 rings (SSSR count). The first-order valence-corrected chi connectivity index (χ1v) is 1.10. The van der Waals surface area contributed by atoms with Crippen LogP contribution in [0.5, 0.6) is 0 Å². The smallest absolute Gasteiger partial charge is 0.356 e. The summed E-state index contributed by atoms with van der Waals surface area (Å²) >= 11 is 0. The molecular weight excluding hydrogens is 337 g/mol. The molecule has 0 aliphatic rings. The first-order chi connectivity index (χ1) is 3.46. The molecule has 0 saturated carbocycles. The SMILES string of the molecule is O=[N+]([O-])[O-].O=[N+]([O-])[O-].[Pd+2].[Pd]. The molecule has 0 aromatic heterocycles. The van der Waals surface area contributed by atoms with E-state index in [1.807, 2.05) is 0 Å². The van der Waals surface area contributed by atoms with Crippen molar-refractivity contribution < 1.29 is 51.0 Å². The summed E-state index contributed by atoms with van der Waals surface area (Å²) in [5.41, 5.74) is 0. The minimum absolute atomic E-state index is 0. The second-order valence-electron chi connectivity index (χ2n) is 0.447. The zero-order valence-electron chi connectivity index (χ0n) is 3.98. The van der Waals surface area contributed by atoms with Gasteiger partial charge in [-0.15, -0.1) is 0 Å². The molecule has 0 bridgehead atoms. The third-order valence-corrected chi connectivity index (χ3v) is 0. The van der Waals surface area contributed by atoms with Crippen LogP contribution in [0.15, 0.2) is 0 Å². The standard InChI is InChI=1S/2NO3.2Pd/c2*2-1(3)4;;/q2*-1;;+2. The van der Waals surface area contributed by atoms with E-state index in [-0.39, 0.29) is 40.8 Å². The average molecular weight is 337 g/mol. The van der Waals surface area contributed by atoms with E-state index in [0.717, 1.165) is 0 Å². The summed E-state index contributed by atoms with van der Waals surface area (Å²) in [6, 6.07) is 0. The van der Waals surface area contributed by atoms with Crippen molar-refractivity contribution in [1.82, 2.24) is 0 Å². The van der Waals surface area contributed by atoms with Crippen LogP contribution in [0.2, 0.25) is 0 Å². The summed E-state index contributed by atoms with van der Waals surface area (Å²) < 4.78 is 0. The molecule has 0 unspecified atom stereocenters. The largest absolute Gasteiger partial charge is 2.00 e. The van der Waals surface area contributed by atoms with Crippen LogP contribution >= 0.6 is 0 Å². The third kappa shape index (κ3) is 4610. The van der Waals surface area contributed by atoms with E-state index in [1.165, 1.54) is 0 Å². The van der Waals surface area contributed by atoms with E-state index in [1.54, 1.807) is 0 Å². The van der Waals surface area contributed by atoms with Crippen LogP contribution < -0.4 is 0 Å². The van der Waals surface area contributed by atoms with Gasteiger partial charge in [-0.1, -0.05) is 0 Å². The maximum absolute atomic E-state index is 8.25. The van der Waals surface area contributed by atoms with E-state index < -0.39 is 10.2 Å². The molecule has 8 nitrogen and oxygen atoms in total. The molecule has 10 heavy (non-hydrogen) atoms. The van der Waals surface area contributed by atoms with Gasteiger partial charge in [-0.3, -0.25) is 0 Å². The molecule has 0 radical (unpaired) electrons. The first-order valence-electron chi connectivity index (χ1n) is 1.10. The van der Waals surface area contributed by atoms with Crippen molar-refractivity contribution in [1.29, 1.82) is 0 Å². The van der Waals surface area contributed by atoms with Crippen molar-refractivity contribution in [2.45, 2.75) is 0 Å². The van der Waals surface area contributed by atoms with Gasteiger partial charge in [0.05, 0.1) is 10.2 Å². The molecule has 10 heteroatoms. The second-order valence-corrected chi connectivity index (χ2v) is 0.447. The van der Waals surface area contributed by atoms with Gasteiger partial charge in [-0.25, -0.2) is 0 Å². The van der Waals surface area contributed by atoms with E-state index in [4.69, 9.17) is 30.6 Å². The van der Waals surface area contributed by atoms with Crippen LogP contribution in [0.4, 0.5) is 0 Å². The number of nitrogens with zero attached hydrogens (tertiary/aromatic N) is 2. The Morgan fingerprint density at radius 1 is 0.800 bits per heavy atom. The predicted molar refractivity (Wildman–Crippen MR) is 20.7 cm³/mol. The molecule has 66 valence electrons. The quantitative estimate of drug-likeness (QED) is 0.333. The summed E-state index contributed by atoms with van der Waals surface area (Å²) in [5.74, 6) is 0. The molecule has 0 aromatic rings. The van der Waals surface area contributed by atoms with Crippen molar-refractivity contribution in [3.63, 3.8) is 0 Å². The zero-order valence-corrected chi connectivity index (χ0v) is 7.09. The van der Waals surface area contributed by atoms with Crippen molar-refractivity contribution in [3.8, 4) is 0 Å². The van der Waals surface area contributed by atoms with Crippen LogP contribution in [0.25, 0.3) is 0 Å². The minimum Gasteiger partial charge on any atom is -0.356 e. The summed E-state index contributed by atoms with van der Waals surface area (Å²) in [6.07, 6.45) is 0. The van der Waals surface area contributed by atoms with Gasteiger partial charge in [0.25, 0.3) is 0 Å². The summed E-state index contributed by atoms with van der Waals surface area (Å²) in [5, 5.41) is 29.5. The number of hydrogen-bond acceptors (Lipinski definition) is 6. The van der Waals surface area contributed by atoms with Gasteiger partial charge in [0.15, 0.2) is 0 Å². The summed E-state index contributed by atoms with van der Waals surface area (Å²) in [7, 11) is 0. The Hall–Kier alpha value is -0.275. The van der Waals surface area contributed by atoms with Crippen molar-refractivity contribution in [3.05, 3.63) is 30.6 Å². The predicted octanol–water partition coefficient (Wildman–Crippen LogP) is -0.483. The van der Waals surface area contributed by atoms with Gasteiger partial charge in [0.2, 0.25) is 0 Å². The molecular formula is N2O6Pd2. The molecule has 0 spiro atoms. The molecule has 0 amide bonds. The second kappa shape index (κ2) is 15.9. The Morgan fingerprint density at radius 3 is 0.800 bits per heavy atom. The van der Waals surface area contributed by atoms with Gasteiger partial charge < -0.3 is 30.6 Å². The molecule has 0 N–H and O–H groups in total. The zero-order chi connectivity index (χ0) is 7.15. The Kier molecular flexibility index (Phi) is 35.9. The van der Waals surface area contributed by atoms with Crippen molar-refractivity contribution in [2.75, 3.05) is 0 Å². The molecule has 0 fully saturated rings. The Balaban J connectivity index is -0.0000000300. The van der Waals surface area contributed by atoms with Crippen molar-refractivity contribution >= 4 is 0 Å². The number of rotatable bonds is 0. The molecule has 0 aliphatic carbocycles. The topological polar surface area (TPSA) is 132 Å². The van der Waals surface area contributed by atoms with Gasteiger partial charge in [0.1, 0.15) is 0 Å². The van der Waals surface area contributed by atoms with E-state index in [0.29, 0.717) is 0 Å². The molecule has 0 saturated heterocycles. The number of hydrogen-bond donors (Lipinski definition) is 0. The van der Waals surface area contributed by atoms with Crippen LogP contribution in [0.1, 0.15) is 0 Å². The normalized spacial score (nSPS) is 4.80. The fraction of sp³-hybridized carbons (Fsp3) is 0. The monoisotopic (exact) mass is 336 g/mol. The van der Waals surface area contributed by atoms with Crippen LogP contribution in [-0.4, -0.2) is 10.2 Å². The van der Waals surface area contributed by atoms with E-state index in [9.17, 15) is 0 Å². The third-order valence-electron chi connectivity index (χ3n) is 0. The average Bonchev–Trinajstić information content (AvgIpc) is 1.25. The fourth-order valence-electron chi connectivity index (χ4n) is 0. The van der Waals surface area contributed by atoms with Gasteiger partial charge >= 0.3 is 20.4 Å². The summed E-state index contributed by atoms with van der Waals surface area (Å²) in [4.78, 5) is 16.5. The Morgan fingerprint density at radius 2 is 0.800 bits per heavy atom. The van der Waals surface area contributed by atoms with Gasteiger partial charge in [-0.05, 0) is 0 Å².